The normalized spacial score (nSPS) is 17.4. The van der Waals surface area contributed by atoms with Crippen molar-refractivity contribution in [3.05, 3.63) is 35.4 Å². The number of aryl methyl sites for hydroxylation is 1. The van der Waals surface area contributed by atoms with Crippen molar-refractivity contribution in [1.82, 2.24) is 10.6 Å². The van der Waals surface area contributed by atoms with Gasteiger partial charge in [0.15, 0.2) is 0 Å². The first-order valence-electron chi connectivity index (χ1n) is 8.27. The van der Waals surface area contributed by atoms with Gasteiger partial charge in [-0.3, -0.25) is 4.79 Å². The van der Waals surface area contributed by atoms with Crippen LogP contribution in [-0.4, -0.2) is 19.0 Å². The highest BCUT2D eigenvalue weighted by Crippen LogP contribution is 2.34. The Kier molecular flexibility index (Phi) is 5.80. The van der Waals surface area contributed by atoms with Gasteiger partial charge in [-0.15, -0.1) is 0 Å². The van der Waals surface area contributed by atoms with Crippen molar-refractivity contribution in [3.8, 4) is 0 Å². The third-order valence-electron chi connectivity index (χ3n) is 4.71. The Morgan fingerprint density at radius 3 is 2.48 bits per heavy atom. The van der Waals surface area contributed by atoms with Crippen LogP contribution < -0.4 is 10.6 Å². The second-order valence-corrected chi connectivity index (χ2v) is 6.09. The summed E-state index contributed by atoms with van der Waals surface area (Å²) < 4.78 is 0. The molecule has 0 atom stereocenters. The molecule has 0 aromatic heterocycles. The van der Waals surface area contributed by atoms with E-state index >= 15 is 0 Å². The van der Waals surface area contributed by atoms with Gasteiger partial charge in [0, 0.05) is 6.54 Å². The van der Waals surface area contributed by atoms with Crippen molar-refractivity contribution >= 4 is 5.91 Å². The van der Waals surface area contributed by atoms with Crippen LogP contribution in [0.3, 0.4) is 0 Å². The molecule has 0 saturated carbocycles. The Morgan fingerprint density at radius 2 is 1.86 bits per heavy atom. The number of carbonyl (C=O) groups excluding carboxylic acids is 1. The van der Waals surface area contributed by atoms with Crippen molar-refractivity contribution < 1.29 is 4.79 Å². The number of hydrogen-bond donors (Lipinski definition) is 2. The van der Waals surface area contributed by atoms with Gasteiger partial charge >= 0.3 is 0 Å². The van der Waals surface area contributed by atoms with E-state index in [1.807, 2.05) is 6.07 Å². The predicted octanol–water partition coefficient (Wildman–Crippen LogP) is 3.04. The van der Waals surface area contributed by atoms with Crippen LogP contribution in [-0.2, 0) is 17.8 Å². The van der Waals surface area contributed by atoms with Gasteiger partial charge in [0.05, 0.1) is 5.41 Å². The zero-order valence-electron chi connectivity index (χ0n) is 13.4. The highest BCUT2D eigenvalue weighted by molar-refractivity contribution is 5.82. The van der Waals surface area contributed by atoms with Crippen LogP contribution in [0.2, 0.25) is 0 Å². The highest BCUT2D eigenvalue weighted by atomic mass is 16.2. The molecule has 3 heteroatoms. The van der Waals surface area contributed by atoms with Gasteiger partial charge in [-0.25, -0.2) is 0 Å². The summed E-state index contributed by atoms with van der Waals surface area (Å²) in [4.78, 5) is 12.7. The Morgan fingerprint density at radius 1 is 1.19 bits per heavy atom. The van der Waals surface area contributed by atoms with Crippen LogP contribution in [0.15, 0.2) is 24.3 Å². The number of benzene rings is 1. The number of amides is 1. The maximum absolute atomic E-state index is 12.7. The highest BCUT2D eigenvalue weighted by Gasteiger charge is 2.38. The molecule has 116 valence electrons. The lowest BCUT2D eigenvalue weighted by Crippen LogP contribution is -2.47. The Hall–Kier alpha value is -1.35. The summed E-state index contributed by atoms with van der Waals surface area (Å²) in [5.41, 5.74) is 2.42. The average Bonchev–Trinajstić information content (AvgIpc) is 2.54. The fourth-order valence-electron chi connectivity index (χ4n) is 3.41. The maximum atomic E-state index is 12.7. The van der Waals surface area contributed by atoms with Gasteiger partial charge in [-0.1, -0.05) is 44.5 Å². The molecule has 2 rings (SSSR count). The molecule has 0 bridgehead atoms. The average molecular weight is 288 g/mol. The standard InChI is InChI=1S/C18H28N2O/c1-3-9-18(10-12-19-13-11-18)17(21)20-14-16-8-6-5-7-15(16)4-2/h5-8,19H,3-4,9-14H2,1-2H3,(H,20,21). The van der Waals surface area contributed by atoms with Crippen molar-refractivity contribution in [2.75, 3.05) is 13.1 Å². The number of carbonyl (C=O) groups is 1. The molecule has 3 nitrogen and oxygen atoms in total. The van der Waals surface area contributed by atoms with Gasteiger partial charge in [0.25, 0.3) is 0 Å². The molecular weight excluding hydrogens is 260 g/mol. The fourth-order valence-corrected chi connectivity index (χ4v) is 3.41. The Labute approximate surface area is 128 Å². The second-order valence-electron chi connectivity index (χ2n) is 6.09. The summed E-state index contributed by atoms with van der Waals surface area (Å²) in [7, 11) is 0. The molecule has 2 N–H and O–H groups in total. The number of hydrogen-bond acceptors (Lipinski definition) is 2. The van der Waals surface area contributed by atoms with E-state index in [4.69, 9.17) is 0 Å². The van der Waals surface area contributed by atoms with Crippen LogP contribution >= 0.6 is 0 Å². The zero-order valence-corrected chi connectivity index (χ0v) is 13.4. The predicted molar refractivity (Wildman–Crippen MR) is 87.1 cm³/mol. The van der Waals surface area contributed by atoms with E-state index in [1.54, 1.807) is 0 Å². The van der Waals surface area contributed by atoms with Gasteiger partial charge in [-0.05, 0) is 49.9 Å². The van der Waals surface area contributed by atoms with Crippen LogP contribution in [0.4, 0.5) is 0 Å². The lowest BCUT2D eigenvalue weighted by molar-refractivity contribution is -0.133. The first-order valence-corrected chi connectivity index (χ1v) is 8.27. The molecule has 1 aliphatic heterocycles. The molecule has 1 fully saturated rings. The molecule has 1 aromatic rings. The maximum Gasteiger partial charge on any atom is 0.226 e. The smallest absolute Gasteiger partial charge is 0.226 e. The van der Waals surface area contributed by atoms with E-state index in [0.29, 0.717) is 6.54 Å². The molecule has 1 aliphatic rings. The molecule has 21 heavy (non-hydrogen) atoms. The van der Waals surface area contributed by atoms with Gasteiger partial charge in [-0.2, -0.15) is 0 Å². The van der Waals surface area contributed by atoms with E-state index in [1.165, 1.54) is 11.1 Å². The molecule has 1 aromatic carbocycles. The van der Waals surface area contributed by atoms with Crippen molar-refractivity contribution in [3.63, 3.8) is 0 Å². The SMILES string of the molecule is CCCC1(C(=O)NCc2ccccc2CC)CCNCC1. The molecular formula is C18H28N2O. The van der Waals surface area contributed by atoms with Crippen LogP contribution in [0.1, 0.15) is 50.7 Å². The van der Waals surface area contributed by atoms with E-state index in [9.17, 15) is 4.79 Å². The molecule has 0 aliphatic carbocycles. The van der Waals surface area contributed by atoms with Crippen LogP contribution in [0.25, 0.3) is 0 Å². The third-order valence-corrected chi connectivity index (χ3v) is 4.71. The number of nitrogens with one attached hydrogen (secondary N) is 2. The minimum atomic E-state index is -0.152. The quantitative estimate of drug-likeness (QED) is 0.845. The topological polar surface area (TPSA) is 41.1 Å². The van der Waals surface area contributed by atoms with Crippen LogP contribution in [0.5, 0.6) is 0 Å². The van der Waals surface area contributed by atoms with Gasteiger partial charge < -0.3 is 10.6 Å². The number of rotatable bonds is 6. The fraction of sp³-hybridized carbons (Fsp3) is 0.611. The minimum absolute atomic E-state index is 0.152. The third kappa shape index (κ3) is 3.85. The van der Waals surface area contributed by atoms with E-state index in [2.05, 4.69) is 42.7 Å². The summed E-state index contributed by atoms with van der Waals surface area (Å²) in [6.45, 7) is 6.90. The first-order chi connectivity index (χ1) is 10.2. The molecule has 1 amide bonds. The summed E-state index contributed by atoms with van der Waals surface area (Å²) >= 11 is 0. The molecule has 1 heterocycles. The largest absolute Gasteiger partial charge is 0.352 e. The Balaban J connectivity index is 2.02. The first kappa shape index (κ1) is 16.0. The van der Waals surface area contributed by atoms with Gasteiger partial charge in [0.1, 0.15) is 0 Å². The molecule has 0 radical (unpaired) electrons. The van der Waals surface area contributed by atoms with Crippen molar-refractivity contribution in [2.24, 2.45) is 5.41 Å². The summed E-state index contributed by atoms with van der Waals surface area (Å²) in [5, 5.41) is 6.57. The molecule has 0 unspecified atom stereocenters. The van der Waals surface area contributed by atoms with E-state index in [-0.39, 0.29) is 11.3 Å². The second kappa shape index (κ2) is 7.60. The van der Waals surface area contributed by atoms with Crippen molar-refractivity contribution in [2.45, 2.75) is 52.5 Å². The van der Waals surface area contributed by atoms with Crippen molar-refractivity contribution in [1.29, 1.82) is 0 Å². The summed E-state index contributed by atoms with van der Waals surface area (Å²) in [5.74, 6) is 0.247. The molecule has 1 saturated heterocycles. The summed E-state index contributed by atoms with van der Waals surface area (Å²) in [6, 6.07) is 8.38. The minimum Gasteiger partial charge on any atom is -0.352 e. The molecule has 0 spiro atoms. The monoisotopic (exact) mass is 288 g/mol. The Bertz CT molecular complexity index is 459. The lowest BCUT2D eigenvalue weighted by Gasteiger charge is -2.36. The van der Waals surface area contributed by atoms with E-state index in [0.717, 1.165) is 45.2 Å². The van der Waals surface area contributed by atoms with E-state index < -0.39 is 0 Å². The van der Waals surface area contributed by atoms with Gasteiger partial charge in [0.2, 0.25) is 5.91 Å². The lowest BCUT2D eigenvalue weighted by atomic mass is 9.74. The zero-order chi connectivity index (χ0) is 15.1. The summed E-state index contributed by atoms with van der Waals surface area (Å²) in [6.07, 6.45) is 5.00. The number of piperidine rings is 1. The van der Waals surface area contributed by atoms with Crippen LogP contribution in [0, 0.1) is 5.41 Å².